The van der Waals surface area contributed by atoms with Crippen LogP contribution >= 0.6 is 0 Å². The van der Waals surface area contributed by atoms with Gasteiger partial charge in [0.2, 0.25) is 0 Å². The molecule has 0 amide bonds. The van der Waals surface area contributed by atoms with Gasteiger partial charge in [-0.05, 0) is 43.4 Å². The first-order chi connectivity index (χ1) is 10.6. The molecule has 0 spiro atoms. The van der Waals surface area contributed by atoms with Crippen LogP contribution in [0.15, 0.2) is 48.5 Å². The molecule has 2 aromatic carbocycles. The van der Waals surface area contributed by atoms with Crippen molar-refractivity contribution in [2.45, 2.75) is 25.7 Å². The smallest absolute Gasteiger partial charge is 0.272 e. The summed E-state index contributed by atoms with van der Waals surface area (Å²) in [5.41, 5.74) is 3.44. The van der Waals surface area contributed by atoms with E-state index in [1.165, 1.54) is 5.56 Å². The molecule has 1 heterocycles. The molecule has 0 atom stereocenters. The van der Waals surface area contributed by atoms with Crippen molar-refractivity contribution in [2.75, 3.05) is 18.0 Å². The minimum Gasteiger partial charge on any atom is -0.371 e. The summed E-state index contributed by atoms with van der Waals surface area (Å²) in [6.07, 6.45) is 2.25. The lowest BCUT2D eigenvalue weighted by Gasteiger charge is -2.34. The molecule has 2 aromatic rings. The van der Waals surface area contributed by atoms with Crippen molar-refractivity contribution in [3.8, 4) is 0 Å². The number of nitro groups is 1. The normalized spacial score (nSPS) is 15.8. The molecule has 0 bridgehead atoms. The Hall–Kier alpha value is -2.36. The third-order valence-electron chi connectivity index (χ3n) is 4.51. The summed E-state index contributed by atoms with van der Waals surface area (Å²) in [5.74, 6) is 0.622. The van der Waals surface area contributed by atoms with E-state index in [-0.39, 0.29) is 10.6 Å². The Balaban J connectivity index is 1.69. The highest BCUT2D eigenvalue weighted by molar-refractivity contribution is 5.55. The molecule has 0 aliphatic carbocycles. The van der Waals surface area contributed by atoms with Crippen LogP contribution < -0.4 is 4.90 Å². The molecule has 1 saturated heterocycles. The fourth-order valence-electron chi connectivity index (χ4n) is 3.24. The van der Waals surface area contributed by atoms with Gasteiger partial charge in [-0.3, -0.25) is 10.1 Å². The Kier molecular flexibility index (Phi) is 4.09. The van der Waals surface area contributed by atoms with E-state index < -0.39 is 0 Å². The lowest BCUT2D eigenvalue weighted by molar-refractivity contribution is -0.385. The van der Waals surface area contributed by atoms with Crippen molar-refractivity contribution in [2.24, 2.45) is 0 Å². The zero-order chi connectivity index (χ0) is 15.5. The minimum atomic E-state index is -0.319. The van der Waals surface area contributed by atoms with Gasteiger partial charge >= 0.3 is 0 Å². The van der Waals surface area contributed by atoms with E-state index >= 15 is 0 Å². The number of anilines is 1. The Morgan fingerprint density at radius 3 is 2.36 bits per heavy atom. The largest absolute Gasteiger partial charge is 0.371 e. The first-order valence-corrected chi connectivity index (χ1v) is 7.70. The summed E-state index contributed by atoms with van der Waals surface area (Å²) in [5, 5.41) is 10.9. The SMILES string of the molecule is Cc1cc(N2CCC(c3ccccc3)CC2)ccc1[N+](=O)[O-]. The van der Waals surface area contributed by atoms with Crippen LogP contribution in [-0.4, -0.2) is 18.0 Å². The third kappa shape index (κ3) is 2.96. The molecule has 0 unspecified atom stereocenters. The third-order valence-corrected chi connectivity index (χ3v) is 4.51. The monoisotopic (exact) mass is 296 g/mol. The highest BCUT2D eigenvalue weighted by Crippen LogP contribution is 2.31. The zero-order valence-electron chi connectivity index (χ0n) is 12.7. The van der Waals surface area contributed by atoms with Crippen LogP contribution in [0, 0.1) is 17.0 Å². The highest BCUT2D eigenvalue weighted by atomic mass is 16.6. The molecule has 4 heteroatoms. The summed E-state index contributed by atoms with van der Waals surface area (Å²) in [4.78, 5) is 12.9. The zero-order valence-corrected chi connectivity index (χ0v) is 12.7. The van der Waals surface area contributed by atoms with Gasteiger partial charge in [-0.15, -0.1) is 0 Å². The van der Waals surface area contributed by atoms with Crippen molar-refractivity contribution >= 4 is 11.4 Å². The van der Waals surface area contributed by atoms with E-state index in [4.69, 9.17) is 0 Å². The maximum Gasteiger partial charge on any atom is 0.272 e. The Morgan fingerprint density at radius 2 is 1.77 bits per heavy atom. The maximum absolute atomic E-state index is 10.9. The van der Waals surface area contributed by atoms with Crippen LogP contribution in [0.4, 0.5) is 11.4 Å². The van der Waals surface area contributed by atoms with Gasteiger partial charge in [-0.1, -0.05) is 30.3 Å². The summed E-state index contributed by atoms with van der Waals surface area (Å²) in [7, 11) is 0. The number of hydrogen-bond acceptors (Lipinski definition) is 3. The standard InChI is InChI=1S/C18H20N2O2/c1-14-13-17(7-8-18(14)20(21)22)19-11-9-16(10-12-19)15-5-3-2-4-6-15/h2-8,13,16H,9-12H2,1H3. The van der Waals surface area contributed by atoms with Gasteiger partial charge in [-0.25, -0.2) is 0 Å². The first-order valence-electron chi connectivity index (χ1n) is 7.70. The Morgan fingerprint density at radius 1 is 1.09 bits per heavy atom. The number of piperidine rings is 1. The molecule has 0 saturated carbocycles. The number of nitrogens with zero attached hydrogens (tertiary/aromatic N) is 2. The second-order valence-corrected chi connectivity index (χ2v) is 5.90. The van der Waals surface area contributed by atoms with E-state index in [2.05, 4.69) is 35.2 Å². The van der Waals surface area contributed by atoms with Crippen LogP contribution in [0.5, 0.6) is 0 Å². The van der Waals surface area contributed by atoms with E-state index in [9.17, 15) is 10.1 Å². The van der Waals surface area contributed by atoms with E-state index in [0.717, 1.165) is 37.2 Å². The second-order valence-electron chi connectivity index (χ2n) is 5.90. The molecule has 1 aliphatic heterocycles. The Bertz CT molecular complexity index is 662. The van der Waals surface area contributed by atoms with Gasteiger partial charge in [-0.2, -0.15) is 0 Å². The topological polar surface area (TPSA) is 46.4 Å². The quantitative estimate of drug-likeness (QED) is 0.627. The van der Waals surface area contributed by atoms with Gasteiger partial charge in [0.1, 0.15) is 0 Å². The molecule has 0 N–H and O–H groups in total. The lowest BCUT2D eigenvalue weighted by Crippen LogP contribution is -2.32. The molecule has 0 radical (unpaired) electrons. The van der Waals surface area contributed by atoms with Crippen LogP contribution in [-0.2, 0) is 0 Å². The van der Waals surface area contributed by atoms with Crippen LogP contribution in [0.3, 0.4) is 0 Å². The number of benzene rings is 2. The fraction of sp³-hybridized carbons (Fsp3) is 0.333. The van der Waals surface area contributed by atoms with Crippen molar-refractivity contribution in [1.29, 1.82) is 0 Å². The summed E-state index contributed by atoms with van der Waals surface area (Å²) in [6.45, 7) is 3.80. The van der Waals surface area contributed by atoms with E-state index in [1.54, 1.807) is 13.0 Å². The van der Waals surface area contributed by atoms with Gasteiger partial charge in [0.25, 0.3) is 5.69 Å². The maximum atomic E-state index is 10.9. The van der Waals surface area contributed by atoms with E-state index in [0.29, 0.717) is 5.92 Å². The van der Waals surface area contributed by atoms with Crippen LogP contribution in [0.25, 0.3) is 0 Å². The Labute approximate surface area is 130 Å². The van der Waals surface area contributed by atoms with E-state index in [1.807, 2.05) is 12.1 Å². The fourth-order valence-corrected chi connectivity index (χ4v) is 3.24. The summed E-state index contributed by atoms with van der Waals surface area (Å²) >= 11 is 0. The molecule has 22 heavy (non-hydrogen) atoms. The van der Waals surface area contributed by atoms with Crippen molar-refractivity contribution in [3.63, 3.8) is 0 Å². The highest BCUT2D eigenvalue weighted by Gasteiger charge is 2.21. The van der Waals surface area contributed by atoms with Crippen LogP contribution in [0.1, 0.15) is 29.9 Å². The predicted molar refractivity (Wildman–Crippen MR) is 88.5 cm³/mol. The molecular formula is C18H20N2O2. The van der Waals surface area contributed by atoms with Gasteiger partial charge in [0.05, 0.1) is 4.92 Å². The van der Waals surface area contributed by atoms with Crippen molar-refractivity contribution in [3.05, 3.63) is 69.8 Å². The number of rotatable bonds is 3. The molecule has 4 nitrogen and oxygen atoms in total. The summed E-state index contributed by atoms with van der Waals surface area (Å²) in [6, 6.07) is 16.1. The molecule has 1 aliphatic rings. The van der Waals surface area contributed by atoms with Gasteiger partial charge in [0, 0.05) is 30.4 Å². The van der Waals surface area contributed by atoms with Crippen molar-refractivity contribution < 1.29 is 4.92 Å². The average Bonchev–Trinajstić information content (AvgIpc) is 2.55. The average molecular weight is 296 g/mol. The molecular weight excluding hydrogens is 276 g/mol. The van der Waals surface area contributed by atoms with Crippen LogP contribution in [0.2, 0.25) is 0 Å². The molecule has 0 aromatic heterocycles. The number of nitro benzene ring substituents is 1. The number of hydrogen-bond donors (Lipinski definition) is 0. The lowest BCUT2D eigenvalue weighted by atomic mass is 9.89. The van der Waals surface area contributed by atoms with Gasteiger partial charge in [0.15, 0.2) is 0 Å². The molecule has 114 valence electrons. The van der Waals surface area contributed by atoms with Crippen molar-refractivity contribution in [1.82, 2.24) is 0 Å². The minimum absolute atomic E-state index is 0.197. The molecule has 3 rings (SSSR count). The predicted octanol–water partition coefficient (Wildman–Crippen LogP) is 4.29. The van der Waals surface area contributed by atoms with Gasteiger partial charge < -0.3 is 4.90 Å². The second kappa shape index (κ2) is 6.18. The number of aryl methyl sites for hydroxylation is 1. The molecule has 1 fully saturated rings. The summed E-state index contributed by atoms with van der Waals surface area (Å²) < 4.78 is 0. The first kappa shape index (κ1) is 14.6.